The summed E-state index contributed by atoms with van der Waals surface area (Å²) in [5.74, 6) is -0.717. The van der Waals surface area contributed by atoms with Gasteiger partial charge in [-0.1, -0.05) is 36.4 Å². The van der Waals surface area contributed by atoms with Crippen LogP contribution in [0, 0.1) is 0 Å². The van der Waals surface area contributed by atoms with Crippen LogP contribution in [-0.2, 0) is 14.6 Å². The van der Waals surface area contributed by atoms with E-state index < -0.39 is 27.8 Å². The quantitative estimate of drug-likeness (QED) is 0.825. The zero-order chi connectivity index (χ0) is 17.9. The Morgan fingerprint density at radius 3 is 2.48 bits per heavy atom. The third-order valence-electron chi connectivity index (χ3n) is 3.99. The molecule has 2 amide bonds. The number of carbonyl (C=O) groups excluding carboxylic acids is 2. The van der Waals surface area contributed by atoms with Crippen LogP contribution in [0.3, 0.4) is 0 Å². The summed E-state index contributed by atoms with van der Waals surface area (Å²) >= 11 is 1.29. The zero-order valence-electron chi connectivity index (χ0n) is 13.3. The van der Waals surface area contributed by atoms with Gasteiger partial charge in [0.25, 0.3) is 5.91 Å². The fraction of sp³-hybridized carbons (Fsp3) is 0.294. The molecule has 2 heterocycles. The summed E-state index contributed by atoms with van der Waals surface area (Å²) in [7, 11) is -3.09. The van der Waals surface area contributed by atoms with E-state index in [1.165, 1.54) is 11.3 Å². The molecule has 0 unspecified atom stereocenters. The molecule has 6 nitrogen and oxygen atoms in total. The maximum absolute atomic E-state index is 12.7. The topological polar surface area (TPSA) is 92.3 Å². The van der Waals surface area contributed by atoms with Gasteiger partial charge < -0.3 is 10.6 Å². The second-order valence-corrected chi connectivity index (χ2v) is 9.08. The largest absolute Gasteiger partial charge is 0.350 e. The minimum Gasteiger partial charge on any atom is -0.350 e. The van der Waals surface area contributed by atoms with Crippen LogP contribution >= 0.6 is 11.3 Å². The predicted molar refractivity (Wildman–Crippen MR) is 96.2 cm³/mol. The molecule has 0 spiro atoms. The first kappa shape index (κ1) is 17.6. The van der Waals surface area contributed by atoms with Crippen molar-refractivity contribution in [3.05, 3.63) is 58.3 Å². The highest BCUT2D eigenvalue weighted by molar-refractivity contribution is 7.91. The van der Waals surface area contributed by atoms with E-state index in [4.69, 9.17) is 0 Å². The lowest BCUT2D eigenvalue weighted by atomic mass is 10.1. The fourth-order valence-electron chi connectivity index (χ4n) is 2.75. The molecule has 1 aromatic heterocycles. The number of nitrogens with one attached hydrogen (secondary N) is 2. The molecule has 25 heavy (non-hydrogen) atoms. The summed E-state index contributed by atoms with van der Waals surface area (Å²) < 4.78 is 23.2. The number of carbonyl (C=O) groups is 2. The van der Waals surface area contributed by atoms with Crippen molar-refractivity contribution in [2.45, 2.75) is 18.5 Å². The average molecular weight is 378 g/mol. The summed E-state index contributed by atoms with van der Waals surface area (Å²) in [4.78, 5) is 25.6. The van der Waals surface area contributed by atoms with E-state index in [1.807, 2.05) is 6.07 Å². The highest BCUT2D eigenvalue weighted by Crippen LogP contribution is 2.18. The molecule has 2 N–H and O–H groups in total. The molecule has 3 rings (SSSR count). The van der Waals surface area contributed by atoms with Crippen molar-refractivity contribution in [2.75, 3.05) is 11.5 Å². The highest BCUT2D eigenvalue weighted by atomic mass is 32.2. The number of amides is 2. The van der Waals surface area contributed by atoms with Crippen molar-refractivity contribution >= 4 is 33.0 Å². The van der Waals surface area contributed by atoms with Gasteiger partial charge in [0.1, 0.15) is 6.04 Å². The van der Waals surface area contributed by atoms with Crippen molar-refractivity contribution in [2.24, 2.45) is 0 Å². The molecule has 0 aliphatic carbocycles. The van der Waals surface area contributed by atoms with Crippen LogP contribution in [0.25, 0.3) is 0 Å². The van der Waals surface area contributed by atoms with Crippen LogP contribution < -0.4 is 10.6 Å². The van der Waals surface area contributed by atoms with Crippen molar-refractivity contribution in [3.8, 4) is 0 Å². The van der Waals surface area contributed by atoms with E-state index in [-0.39, 0.29) is 17.4 Å². The van der Waals surface area contributed by atoms with Crippen LogP contribution in [0.1, 0.15) is 27.7 Å². The normalized spacial score (nSPS) is 19.9. The van der Waals surface area contributed by atoms with Gasteiger partial charge in [0.05, 0.1) is 16.4 Å². The third-order valence-corrected chi connectivity index (χ3v) is 6.63. The highest BCUT2D eigenvalue weighted by Gasteiger charge is 2.32. The lowest BCUT2D eigenvalue weighted by Crippen LogP contribution is -2.44. The molecule has 8 heteroatoms. The second kappa shape index (κ2) is 7.37. The SMILES string of the molecule is O=C(N[C@H](C(=O)N[C@H]1CCS(=O)(=O)C1)c1ccccc1)c1cccs1. The molecular weight excluding hydrogens is 360 g/mol. The number of hydrogen-bond acceptors (Lipinski definition) is 5. The van der Waals surface area contributed by atoms with Crippen LogP contribution in [0.4, 0.5) is 0 Å². The van der Waals surface area contributed by atoms with Gasteiger partial charge in [-0.3, -0.25) is 9.59 Å². The molecule has 1 aliphatic heterocycles. The van der Waals surface area contributed by atoms with Gasteiger partial charge in [0.2, 0.25) is 5.91 Å². The monoisotopic (exact) mass is 378 g/mol. The lowest BCUT2D eigenvalue weighted by Gasteiger charge is -2.20. The van der Waals surface area contributed by atoms with Gasteiger partial charge in [-0.25, -0.2) is 8.42 Å². The number of rotatable bonds is 5. The molecule has 2 atom stereocenters. The van der Waals surface area contributed by atoms with E-state index >= 15 is 0 Å². The van der Waals surface area contributed by atoms with Crippen LogP contribution in [-0.4, -0.2) is 37.8 Å². The lowest BCUT2D eigenvalue weighted by molar-refractivity contribution is -0.123. The maximum atomic E-state index is 12.7. The van der Waals surface area contributed by atoms with Crippen molar-refractivity contribution in [1.29, 1.82) is 0 Å². The molecule has 132 valence electrons. The number of sulfone groups is 1. The van der Waals surface area contributed by atoms with Crippen molar-refractivity contribution in [1.82, 2.24) is 10.6 Å². The van der Waals surface area contributed by atoms with E-state index in [0.717, 1.165) is 0 Å². The first-order valence-electron chi connectivity index (χ1n) is 7.85. The molecule has 1 aromatic carbocycles. The smallest absolute Gasteiger partial charge is 0.262 e. The summed E-state index contributed by atoms with van der Waals surface area (Å²) in [6, 6.07) is 11.1. The Balaban J connectivity index is 1.76. The summed E-state index contributed by atoms with van der Waals surface area (Å²) in [6.45, 7) is 0. The number of thiophene rings is 1. The third kappa shape index (κ3) is 4.46. The minimum atomic E-state index is -3.09. The van der Waals surface area contributed by atoms with Gasteiger partial charge in [-0.15, -0.1) is 11.3 Å². The number of benzene rings is 1. The van der Waals surface area contributed by atoms with Gasteiger partial charge in [0.15, 0.2) is 9.84 Å². The van der Waals surface area contributed by atoms with Crippen LogP contribution in [0.15, 0.2) is 47.8 Å². The minimum absolute atomic E-state index is 0.0564. The Morgan fingerprint density at radius 1 is 1.12 bits per heavy atom. The summed E-state index contributed by atoms with van der Waals surface area (Å²) in [6.07, 6.45) is 0.397. The number of hydrogen-bond donors (Lipinski definition) is 2. The van der Waals surface area contributed by atoms with E-state index in [2.05, 4.69) is 10.6 Å². The van der Waals surface area contributed by atoms with Crippen LogP contribution in [0.2, 0.25) is 0 Å². The molecule has 0 saturated carbocycles. The van der Waals surface area contributed by atoms with Gasteiger partial charge >= 0.3 is 0 Å². The molecule has 1 fully saturated rings. The second-order valence-electron chi connectivity index (χ2n) is 5.90. The Hall–Kier alpha value is -2.19. The summed E-state index contributed by atoms with van der Waals surface area (Å²) in [5.41, 5.74) is 0.644. The standard InChI is InChI=1S/C17H18N2O4S2/c20-16(14-7-4-9-24-14)19-15(12-5-2-1-3-6-12)17(21)18-13-8-10-25(22,23)11-13/h1-7,9,13,15H,8,10-11H2,(H,18,21)(H,19,20)/t13-,15-/m0/s1. The predicted octanol–water partition coefficient (Wildman–Crippen LogP) is 1.52. The van der Waals surface area contributed by atoms with Gasteiger partial charge in [0, 0.05) is 6.04 Å². The zero-order valence-corrected chi connectivity index (χ0v) is 15.0. The summed E-state index contributed by atoms with van der Waals surface area (Å²) in [5, 5.41) is 7.28. The molecule has 0 bridgehead atoms. The van der Waals surface area contributed by atoms with E-state index in [1.54, 1.807) is 41.8 Å². The Kier molecular flexibility index (Phi) is 5.19. The maximum Gasteiger partial charge on any atom is 0.262 e. The van der Waals surface area contributed by atoms with E-state index in [0.29, 0.717) is 16.9 Å². The van der Waals surface area contributed by atoms with Gasteiger partial charge in [-0.2, -0.15) is 0 Å². The van der Waals surface area contributed by atoms with E-state index in [9.17, 15) is 18.0 Å². The molecule has 1 aliphatic rings. The molecular formula is C17H18N2O4S2. The average Bonchev–Trinajstić information content (AvgIpc) is 3.23. The first-order valence-corrected chi connectivity index (χ1v) is 10.5. The van der Waals surface area contributed by atoms with Crippen LogP contribution in [0.5, 0.6) is 0 Å². The first-order chi connectivity index (χ1) is 11.9. The Bertz CT molecular complexity index is 848. The fourth-order valence-corrected chi connectivity index (χ4v) is 5.05. The molecule has 1 saturated heterocycles. The molecule has 2 aromatic rings. The van der Waals surface area contributed by atoms with Crippen molar-refractivity contribution in [3.63, 3.8) is 0 Å². The Morgan fingerprint density at radius 2 is 1.88 bits per heavy atom. The van der Waals surface area contributed by atoms with Crippen molar-refractivity contribution < 1.29 is 18.0 Å². The van der Waals surface area contributed by atoms with Gasteiger partial charge in [-0.05, 0) is 23.4 Å². The molecule has 0 radical (unpaired) electrons. The Labute approximate surface area is 150 Å².